The highest BCUT2D eigenvalue weighted by molar-refractivity contribution is 7.18. The van der Waals surface area contributed by atoms with Crippen LogP contribution >= 0.6 is 22.9 Å². The Balaban J connectivity index is 1.51. The summed E-state index contributed by atoms with van der Waals surface area (Å²) in [7, 11) is 0. The first-order chi connectivity index (χ1) is 11.2. The highest BCUT2D eigenvalue weighted by atomic mass is 35.5. The van der Waals surface area contributed by atoms with Crippen LogP contribution in [0.2, 0.25) is 5.02 Å². The molecule has 3 aliphatic rings. The van der Waals surface area contributed by atoms with Gasteiger partial charge in [0.25, 0.3) is 5.91 Å². The number of rotatable bonds is 3. The first-order valence-corrected chi connectivity index (χ1v) is 9.28. The smallest absolute Gasteiger partial charge is 0.261 e. The molecule has 0 radical (unpaired) electrons. The molecule has 5 rings (SSSR count). The second kappa shape index (κ2) is 6.27. The molecule has 4 heterocycles. The third-order valence-electron chi connectivity index (χ3n) is 4.92. The average molecular weight is 347 g/mol. The van der Waals surface area contributed by atoms with Gasteiger partial charge < -0.3 is 10.2 Å². The van der Waals surface area contributed by atoms with Gasteiger partial charge >= 0.3 is 0 Å². The Morgan fingerprint density at radius 3 is 2.61 bits per heavy atom. The highest BCUT2D eigenvalue weighted by Gasteiger charge is 2.35. The Hall–Kier alpha value is -1.36. The number of benzene rings is 1. The molecule has 120 valence electrons. The Morgan fingerprint density at radius 2 is 1.96 bits per heavy atom. The van der Waals surface area contributed by atoms with Crippen LogP contribution in [0.15, 0.2) is 36.4 Å². The van der Waals surface area contributed by atoms with E-state index in [2.05, 4.69) is 10.2 Å². The van der Waals surface area contributed by atoms with Crippen LogP contribution in [-0.2, 0) is 0 Å². The number of nitrogens with one attached hydrogen (secondary N) is 1. The van der Waals surface area contributed by atoms with Crippen molar-refractivity contribution in [2.24, 2.45) is 5.92 Å². The van der Waals surface area contributed by atoms with Gasteiger partial charge in [0.1, 0.15) is 0 Å². The first-order valence-electron chi connectivity index (χ1n) is 8.08. The average Bonchev–Trinajstić information content (AvgIpc) is 2.99. The van der Waals surface area contributed by atoms with Crippen molar-refractivity contribution in [1.82, 2.24) is 10.2 Å². The van der Waals surface area contributed by atoms with E-state index < -0.39 is 0 Å². The minimum atomic E-state index is 0.0119. The van der Waals surface area contributed by atoms with Crippen molar-refractivity contribution in [1.29, 1.82) is 0 Å². The molecule has 3 saturated heterocycles. The number of thiophene rings is 1. The summed E-state index contributed by atoms with van der Waals surface area (Å²) >= 11 is 7.82. The molecule has 0 saturated carbocycles. The van der Waals surface area contributed by atoms with Crippen LogP contribution < -0.4 is 5.32 Å². The van der Waals surface area contributed by atoms with Gasteiger partial charge in [0.15, 0.2) is 0 Å². The predicted octanol–water partition coefficient (Wildman–Crippen LogP) is 3.89. The van der Waals surface area contributed by atoms with E-state index in [1.54, 1.807) is 6.07 Å². The second-order valence-corrected chi connectivity index (χ2v) is 7.83. The lowest BCUT2D eigenvalue weighted by Gasteiger charge is -2.44. The maximum atomic E-state index is 12.6. The molecule has 1 aromatic carbocycles. The van der Waals surface area contributed by atoms with Gasteiger partial charge in [-0.15, -0.1) is 11.3 Å². The molecule has 1 unspecified atom stereocenters. The van der Waals surface area contributed by atoms with Gasteiger partial charge in [-0.3, -0.25) is 4.79 Å². The van der Waals surface area contributed by atoms with Gasteiger partial charge in [-0.2, -0.15) is 0 Å². The zero-order chi connectivity index (χ0) is 15.8. The lowest BCUT2D eigenvalue weighted by Crippen LogP contribution is -2.57. The number of nitrogens with zero attached hydrogens (tertiary/aromatic N) is 1. The molecule has 3 aliphatic heterocycles. The highest BCUT2D eigenvalue weighted by Crippen LogP contribution is 2.36. The SMILES string of the molecule is O=C(NC1CN2CCC1CC2)c1cc(Cl)c(-c2ccccc2)s1. The van der Waals surface area contributed by atoms with Crippen molar-refractivity contribution >= 4 is 28.8 Å². The Labute approximate surface area is 145 Å². The van der Waals surface area contributed by atoms with Crippen molar-refractivity contribution in [2.45, 2.75) is 18.9 Å². The molecular formula is C18H19ClN2OS. The fourth-order valence-electron chi connectivity index (χ4n) is 3.64. The van der Waals surface area contributed by atoms with E-state index >= 15 is 0 Å². The van der Waals surface area contributed by atoms with Gasteiger partial charge in [-0.25, -0.2) is 0 Å². The van der Waals surface area contributed by atoms with Crippen molar-refractivity contribution in [3.8, 4) is 10.4 Å². The van der Waals surface area contributed by atoms with Crippen LogP contribution in [0, 0.1) is 5.92 Å². The van der Waals surface area contributed by atoms with Crippen LogP contribution in [0.25, 0.3) is 10.4 Å². The third kappa shape index (κ3) is 3.03. The van der Waals surface area contributed by atoms with E-state index in [0.29, 0.717) is 15.8 Å². The molecule has 3 nitrogen and oxygen atoms in total. The maximum absolute atomic E-state index is 12.6. The molecule has 0 aliphatic carbocycles. The van der Waals surface area contributed by atoms with Crippen LogP contribution in [0.4, 0.5) is 0 Å². The van der Waals surface area contributed by atoms with E-state index in [1.165, 1.54) is 37.3 Å². The maximum Gasteiger partial charge on any atom is 0.261 e. The number of fused-ring (bicyclic) bond motifs is 3. The van der Waals surface area contributed by atoms with Gasteiger partial charge in [0.05, 0.1) is 14.8 Å². The number of hydrogen-bond acceptors (Lipinski definition) is 3. The molecule has 1 N–H and O–H groups in total. The van der Waals surface area contributed by atoms with Gasteiger partial charge in [-0.1, -0.05) is 41.9 Å². The van der Waals surface area contributed by atoms with Gasteiger partial charge in [0, 0.05) is 12.6 Å². The van der Waals surface area contributed by atoms with E-state index in [9.17, 15) is 4.79 Å². The molecule has 5 heteroatoms. The summed E-state index contributed by atoms with van der Waals surface area (Å²) < 4.78 is 0. The summed E-state index contributed by atoms with van der Waals surface area (Å²) in [5.74, 6) is 0.644. The van der Waals surface area contributed by atoms with Crippen molar-refractivity contribution in [2.75, 3.05) is 19.6 Å². The van der Waals surface area contributed by atoms with Gasteiger partial charge in [0.2, 0.25) is 0 Å². The molecule has 1 atom stereocenters. The molecular weight excluding hydrogens is 328 g/mol. The van der Waals surface area contributed by atoms with E-state index in [1.807, 2.05) is 30.3 Å². The molecule has 23 heavy (non-hydrogen) atoms. The minimum Gasteiger partial charge on any atom is -0.347 e. The molecule has 1 aromatic heterocycles. The van der Waals surface area contributed by atoms with Gasteiger partial charge in [-0.05, 0) is 43.5 Å². The number of hydrogen-bond donors (Lipinski definition) is 1. The Bertz CT molecular complexity index is 707. The van der Waals surface area contributed by atoms with Crippen molar-refractivity contribution in [3.05, 3.63) is 46.3 Å². The number of halogens is 1. The lowest BCUT2D eigenvalue weighted by molar-refractivity contribution is 0.0622. The number of carbonyl (C=O) groups excluding carboxylic acids is 1. The monoisotopic (exact) mass is 346 g/mol. The van der Waals surface area contributed by atoms with Crippen LogP contribution in [-0.4, -0.2) is 36.5 Å². The number of carbonyl (C=O) groups is 1. The normalized spacial score (nSPS) is 26.2. The predicted molar refractivity (Wildman–Crippen MR) is 95.2 cm³/mol. The topological polar surface area (TPSA) is 32.3 Å². The Kier molecular flexibility index (Phi) is 4.14. The summed E-state index contributed by atoms with van der Waals surface area (Å²) in [6.45, 7) is 3.35. The minimum absolute atomic E-state index is 0.0119. The fraction of sp³-hybridized carbons (Fsp3) is 0.389. The third-order valence-corrected chi connectivity index (χ3v) is 6.51. The standard InChI is InChI=1S/C18H19ClN2OS/c19-14-10-16(23-17(14)13-4-2-1-3-5-13)18(22)20-15-11-21-8-6-12(15)7-9-21/h1-5,10,12,15H,6-9,11H2,(H,20,22). The summed E-state index contributed by atoms with van der Waals surface area (Å²) in [4.78, 5) is 16.7. The first kappa shape index (κ1) is 15.2. The largest absolute Gasteiger partial charge is 0.347 e. The zero-order valence-corrected chi connectivity index (χ0v) is 14.4. The summed E-state index contributed by atoms with van der Waals surface area (Å²) in [5.41, 5.74) is 1.06. The van der Waals surface area contributed by atoms with Crippen molar-refractivity contribution < 1.29 is 4.79 Å². The number of amides is 1. The molecule has 2 aromatic rings. The van der Waals surface area contributed by atoms with Crippen LogP contribution in [0.3, 0.4) is 0 Å². The van der Waals surface area contributed by atoms with E-state index in [4.69, 9.17) is 11.6 Å². The fourth-order valence-corrected chi connectivity index (χ4v) is 4.99. The zero-order valence-electron chi connectivity index (χ0n) is 12.8. The molecule has 2 bridgehead atoms. The van der Waals surface area contributed by atoms with E-state index in [-0.39, 0.29) is 11.9 Å². The van der Waals surface area contributed by atoms with Crippen molar-refractivity contribution in [3.63, 3.8) is 0 Å². The molecule has 1 amide bonds. The summed E-state index contributed by atoms with van der Waals surface area (Å²) in [5, 5.41) is 3.88. The molecule has 3 fully saturated rings. The van der Waals surface area contributed by atoms with Crippen LogP contribution in [0.5, 0.6) is 0 Å². The quantitative estimate of drug-likeness (QED) is 0.914. The van der Waals surface area contributed by atoms with Crippen LogP contribution in [0.1, 0.15) is 22.5 Å². The lowest BCUT2D eigenvalue weighted by atomic mass is 9.84. The second-order valence-electron chi connectivity index (χ2n) is 6.37. The molecule has 0 spiro atoms. The number of piperidine rings is 3. The summed E-state index contributed by atoms with van der Waals surface area (Å²) in [6, 6.07) is 12.1. The Morgan fingerprint density at radius 1 is 1.22 bits per heavy atom. The van der Waals surface area contributed by atoms with E-state index in [0.717, 1.165) is 17.0 Å². The summed E-state index contributed by atoms with van der Waals surface area (Å²) in [6.07, 6.45) is 2.40.